The summed E-state index contributed by atoms with van der Waals surface area (Å²) in [7, 11) is 0. The lowest BCUT2D eigenvalue weighted by atomic mass is 10.1. The lowest BCUT2D eigenvalue weighted by Gasteiger charge is -1.97. The molecule has 3 heteroatoms. The molecule has 0 spiro atoms. The van der Waals surface area contributed by atoms with E-state index in [2.05, 4.69) is 24.2 Å². The monoisotopic (exact) mass is 138 g/mol. The summed E-state index contributed by atoms with van der Waals surface area (Å²) < 4.78 is 5.00. The van der Waals surface area contributed by atoms with Crippen LogP contribution in [0.4, 0.5) is 0 Å². The first-order valence-electron chi connectivity index (χ1n) is 3.61. The first kappa shape index (κ1) is 5.89. The zero-order chi connectivity index (χ0) is 7.14. The van der Waals surface area contributed by atoms with Gasteiger partial charge in [-0.3, -0.25) is 0 Å². The summed E-state index contributed by atoms with van der Waals surface area (Å²) in [6.45, 7) is 4.31. The van der Waals surface area contributed by atoms with E-state index in [-0.39, 0.29) is 0 Å². The number of hydrogen-bond acceptors (Lipinski definition) is 3. The van der Waals surface area contributed by atoms with E-state index in [4.69, 9.17) is 4.52 Å². The van der Waals surface area contributed by atoms with E-state index in [9.17, 15) is 0 Å². The molecule has 1 aromatic rings. The van der Waals surface area contributed by atoms with Gasteiger partial charge in [0, 0.05) is 17.1 Å². The van der Waals surface area contributed by atoms with Crippen LogP contribution in [0.2, 0.25) is 0 Å². The molecular formula is C7H10N2O. The Balaban J connectivity index is 2.48. The number of fused-ring (bicyclic) bond motifs is 1. The van der Waals surface area contributed by atoms with Crippen LogP contribution in [0.5, 0.6) is 0 Å². The molecule has 3 nitrogen and oxygen atoms in total. The van der Waals surface area contributed by atoms with Gasteiger partial charge in [-0.2, -0.15) is 0 Å². The van der Waals surface area contributed by atoms with Crippen LogP contribution in [0.1, 0.15) is 43.6 Å². The Labute approximate surface area is 59.4 Å². The van der Waals surface area contributed by atoms with Gasteiger partial charge >= 0.3 is 0 Å². The molecule has 2 rings (SSSR count). The molecule has 0 N–H and O–H groups in total. The van der Waals surface area contributed by atoms with Gasteiger partial charge < -0.3 is 4.52 Å². The van der Waals surface area contributed by atoms with Crippen LogP contribution in [-0.2, 0) is 0 Å². The van der Waals surface area contributed by atoms with Crippen LogP contribution in [0, 0.1) is 0 Å². The Kier molecular flexibility index (Phi) is 1.07. The number of aromatic nitrogens is 2. The van der Waals surface area contributed by atoms with E-state index in [0.29, 0.717) is 11.8 Å². The summed E-state index contributed by atoms with van der Waals surface area (Å²) in [4.78, 5) is 0. The fraction of sp³-hybridized carbons (Fsp3) is 0.714. The SMILES string of the molecule is CC1CC(C)c2onnc21. The maximum absolute atomic E-state index is 5.00. The van der Waals surface area contributed by atoms with Crippen molar-refractivity contribution < 1.29 is 4.52 Å². The summed E-state index contributed by atoms with van der Waals surface area (Å²) in [5.41, 5.74) is 1.06. The minimum absolute atomic E-state index is 0.514. The molecule has 54 valence electrons. The highest BCUT2D eigenvalue weighted by Crippen LogP contribution is 2.39. The maximum Gasteiger partial charge on any atom is 0.163 e. The van der Waals surface area contributed by atoms with E-state index in [1.807, 2.05) is 0 Å². The Bertz CT molecular complexity index is 221. The molecule has 0 amide bonds. The second kappa shape index (κ2) is 1.81. The second-order valence-electron chi connectivity index (χ2n) is 3.06. The smallest absolute Gasteiger partial charge is 0.163 e. The molecule has 0 saturated heterocycles. The van der Waals surface area contributed by atoms with E-state index >= 15 is 0 Å². The van der Waals surface area contributed by atoms with Crippen LogP contribution in [0.3, 0.4) is 0 Å². The highest BCUT2D eigenvalue weighted by molar-refractivity contribution is 5.21. The predicted octanol–water partition coefficient (Wildman–Crippen LogP) is 1.68. The third kappa shape index (κ3) is 0.602. The largest absolute Gasteiger partial charge is 0.342 e. The van der Waals surface area contributed by atoms with Gasteiger partial charge in [0.15, 0.2) is 5.76 Å². The lowest BCUT2D eigenvalue weighted by molar-refractivity contribution is 0.345. The highest BCUT2D eigenvalue weighted by atomic mass is 16.5. The first-order chi connectivity index (χ1) is 4.79. The fourth-order valence-electron chi connectivity index (χ4n) is 1.64. The Morgan fingerprint density at radius 2 is 2.20 bits per heavy atom. The normalized spacial score (nSPS) is 30.6. The summed E-state index contributed by atoms with van der Waals surface area (Å²) in [5, 5.41) is 7.43. The maximum atomic E-state index is 5.00. The third-order valence-corrected chi connectivity index (χ3v) is 2.16. The molecule has 0 aliphatic heterocycles. The molecule has 2 unspecified atom stereocenters. The van der Waals surface area contributed by atoms with Crippen LogP contribution in [0.15, 0.2) is 4.52 Å². The van der Waals surface area contributed by atoms with Crippen molar-refractivity contribution in [2.24, 2.45) is 0 Å². The van der Waals surface area contributed by atoms with Gasteiger partial charge in [0.1, 0.15) is 5.69 Å². The molecule has 1 aliphatic carbocycles. The van der Waals surface area contributed by atoms with Gasteiger partial charge in [-0.25, -0.2) is 0 Å². The molecule has 1 aromatic heterocycles. The van der Waals surface area contributed by atoms with Gasteiger partial charge in [0.05, 0.1) is 0 Å². The van der Waals surface area contributed by atoms with Crippen molar-refractivity contribution in [1.29, 1.82) is 0 Å². The van der Waals surface area contributed by atoms with E-state index < -0.39 is 0 Å². The van der Waals surface area contributed by atoms with Gasteiger partial charge in [-0.1, -0.05) is 13.8 Å². The number of rotatable bonds is 0. The molecule has 10 heavy (non-hydrogen) atoms. The third-order valence-electron chi connectivity index (χ3n) is 2.16. The van der Waals surface area contributed by atoms with Crippen LogP contribution >= 0.6 is 0 Å². The molecule has 0 bridgehead atoms. The average Bonchev–Trinajstić information content (AvgIpc) is 2.39. The van der Waals surface area contributed by atoms with Gasteiger partial charge in [0.2, 0.25) is 0 Å². The molecule has 1 heterocycles. The molecule has 0 fully saturated rings. The predicted molar refractivity (Wildman–Crippen MR) is 35.7 cm³/mol. The van der Waals surface area contributed by atoms with Crippen molar-refractivity contribution in [3.05, 3.63) is 11.5 Å². The molecule has 0 aromatic carbocycles. The van der Waals surface area contributed by atoms with E-state index in [1.165, 1.54) is 0 Å². The quantitative estimate of drug-likeness (QED) is 0.547. The van der Waals surface area contributed by atoms with Crippen molar-refractivity contribution >= 4 is 0 Å². The molecule has 0 saturated carbocycles. The van der Waals surface area contributed by atoms with E-state index in [1.54, 1.807) is 0 Å². The number of hydrogen-bond donors (Lipinski definition) is 0. The van der Waals surface area contributed by atoms with Crippen molar-refractivity contribution in [1.82, 2.24) is 10.4 Å². The fourth-order valence-corrected chi connectivity index (χ4v) is 1.64. The van der Waals surface area contributed by atoms with Crippen molar-refractivity contribution in [3.8, 4) is 0 Å². The summed E-state index contributed by atoms with van der Waals surface area (Å²) in [6.07, 6.45) is 1.16. The van der Waals surface area contributed by atoms with Gasteiger partial charge in [-0.05, 0) is 6.42 Å². The zero-order valence-electron chi connectivity index (χ0n) is 6.16. The van der Waals surface area contributed by atoms with Crippen molar-refractivity contribution in [2.45, 2.75) is 32.1 Å². The van der Waals surface area contributed by atoms with Crippen molar-refractivity contribution in [3.63, 3.8) is 0 Å². The second-order valence-corrected chi connectivity index (χ2v) is 3.06. The zero-order valence-corrected chi connectivity index (χ0v) is 6.16. The molecule has 1 aliphatic rings. The highest BCUT2D eigenvalue weighted by Gasteiger charge is 2.30. The Hall–Kier alpha value is -0.860. The van der Waals surface area contributed by atoms with E-state index in [0.717, 1.165) is 17.9 Å². The van der Waals surface area contributed by atoms with Crippen LogP contribution < -0.4 is 0 Å². The first-order valence-corrected chi connectivity index (χ1v) is 3.61. The molecule has 0 radical (unpaired) electrons. The number of nitrogens with zero attached hydrogens (tertiary/aromatic N) is 2. The van der Waals surface area contributed by atoms with Crippen LogP contribution in [-0.4, -0.2) is 10.4 Å². The summed E-state index contributed by atoms with van der Waals surface area (Å²) in [5.74, 6) is 2.05. The Morgan fingerprint density at radius 3 is 2.90 bits per heavy atom. The molecule has 2 atom stereocenters. The van der Waals surface area contributed by atoms with Gasteiger partial charge in [0.25, 0.3) is 0 Å². The van der Waals surface area contributed by atoms with Crippen LogP contribution in [0.25, 0.3) is 0 Å². The average molecular weight is 138 g/mol. The Morgan fingerprint density at radius 1 is 1.40 bits per heavy atom. The topological polar surface area (TPSA) is 38.9 Å². The standard InChI is InChI=1S/C7H10N2O/c1-4-3-5(2)7-6(4)8-9-10-7/h4-5H,3H2,1-2H3. The van der Waals surface area contributed by atoms with Gasteiger partial charge in [-0.15, -0.1) is 5.10 Å². The lowest BCUT2D eigenvalue weighted by Crippen LogP contribution is -1.87. The molecular weight excluding hydrogens is 128 g/mol. The van der Waals surface area contributed by atoms with Crippen molar-refractivity contribution in [2.75, 3.05) is 0 Å². The summed E-state index contributed by atoms with van der Waals surface area (Å²) >= 11 is 0. The minimum atomic E-state index is 0.514. The minimum Gasteiger partial charge on any atom is -0.342 e. The summed E-state index contributed by atoms with van der Waals surface area (Å²) in [6, 6.07) is 0.